The van der Waals surface area contributed by atoms with Crippen LogP contribution in [0.1, 0.15) is 29.6 Å². The van der Waals surface area contributed by atoms with E-state index < -0.39 is 0 Å². The van der Waals surface area contributed by atoms with Crippen molar-refractivity contribution < 1.29 is 9.53 Å². The lowest BCUT2D eigenvalue weighted by atomic mass is 10.0. The monoisotopic (exact) mass is 377 g/mol. The number of amides is 1. The third-order valence-corrected chi connectivity index (χ3v) is 4.21. The van der Waals surface area contributed by atoms with E-state index in [-0.39, 0.29) is 36.8 Å². The molecule has 1 aliphatic rings. The van der Waals surface area contributed by atoms with E-state index in [0.29, 0.717) is 30.4 Å². The lowest BCUT2D eigenvalue weighted by molar-refractivity contribution is 0.0924. The van der Waals surface area contributed by atoms with Crippen molar-refractivity contribution in [3.63, 3.8) is 0 Å². The Balaban J connectivity index is 0.00000264. The first-order valence-corrected chi connectivity index (χ1v) is 7.99. The zero-order chi connectivity index (χ0) is 15.9. The first-order valence-electron chi connectivity index (χ1n) is 7.99. The number of nitrogens with zero attached hydrogens (tertiary/aromatic N) is 1. The predicted octanol–water partition coefficient (Wildman–Crippen LogP) is 2.33. The molecule has 7 heteroatoms. The molecule has 0 aliphatic heterocycles. The maximum Gasteiger partial charge on any atom is 0.255 e. The normalized spacial score (nSPS) is 19.3. The number of benzene rings is 1. The smallest absolute Gasteiger partial charge is 0.255 e. The lowest BCUT2D eigenvalue weighted by Crippen LogP contribution is -2.40. The van der Waals surface area contributed by atoms with E-state index in [9.17, 15) is 4.79 Å². The molecule has 2 unspecified atom stereocenters. The van der Waals surface area contributed by atoms with Gasteiger partial charge in [0.15, 0.2) is 0 Å². The van der Waals surface area contributed by atoms with E-state index in [1.54, 1.807) is 0 Å². The van der Waals surface area contributed by atoms with Gasteiger partial charge in [-0.05, 0) is 51.5 Å². The van der Waals surface area contributed by atoms with Gasteiger partial charge in [-0.3, -0.25) is 4.79 Å². The fourth-order valence-corrected chi connectivity index (χ4v) is 2.87. The van der Waals surface area contributed by atoms with E-state index in [0.717, 1.165) is 25.8 Å². The van der Waals surface area contributed by atoms with Crippen LogP contribution in [0.5, 0.6) is 5.75 Å². The van der Waals surface area contributed by atoms with Gasteiger partial charge in [-0.1, -0.05) is 18.6 Å². The number of carbonyl (C=O) groups excluding carboxylic acids is 1. The standard InChI is InChI=1S/C17H27N3O2.2ClH/c1-20(2)10-11-22-16-9-4-3-7-14(16)17(21)19-15-8-5-6-13(15)12-18;;/h3-4,7,9,13,15H,5-6,8,10-12,18H2,1-2H3,(H,19,21);2*1H. The van der Waals surface area contributed by atoms with Crippen molar-refractivity contribution in [2.24, 2.45) is 11.7 Å². The van der Waals surface area contributed by atoms with Crippen LogP contribution in [0.4, 0.5) is 0 Å². The molecule has 0 heterocycles. The lowest BCUT2D eigenvalue weighted by Gasteiger charge is -2.20. The molecule has 2 rings (SSSR count). The molecule has 1 fully saturated rings. The van der Waals surface area contributed by atoms with Crippen LogP contribution in [0.25, 0.3) is 0 Å². The van der Waals surface area contributed by atoms with Crippen LogP contribution >= 0.6 is 24.8 Å². The molecule has 0 aromatic heterocycles. The first-order chi connectivity index (χ1) is 10.6. The van der Waals surface area contributed by atoms with Crippen molar-refractivity contribution in [2.75, 3.05) is 33.8 Å². The number of carbonyl (C=O) groups is 1. The van der Waals surface area contributed by atoms with Crippen LogP contribution in [0.3, 0.4) is 0 Å². The number of rotatable bonds is 7. The van der Waals surface area contributed by atoms with Crippen LogP contribution in [-0.4, -0.2) is 50.6 Å². The summed E-state index contributed by atoms with van der Waals surface area (Å²) in [4.78, 5) is 14.6. The number of hydrogen-bond donors (Lipinski definition) is 2. The summed E-state index contributed by atoms with van der Waals surface area (Å²) in [7, 11) is 3.99. The van der Waals surface area contributed by atoms with Gasteiger partial charge in [0, 0.05) is 12.6 Å². The Labute approximate surface area is 157 Å². The minimum absolute atomic E-state index is 0. The number of para-hydroxylation sites is 1. The van der Waals surface area contributed by atoms with Gasteiger partial charge in [-0.15, -0.1) is 24.8 Å². The molecule has 0 spiro atoms. The van der Waals surface area contributed by atoms with Crippen molar-refractivity contribution in [1.82, 2.24) is 10.2 Å². The zero-order valence-corrected chi connectivity index (χ0v) is 16.0. The Morgan fingerprint density at radius 3 is 2.67 bits per heavy atom. The van der Waals surface area contributed by atoms with Crippen LogP contribution in [0, 0.1) is 5.92 Å². The summed E-state index contributed by atoms with van der Waals surface area (Å²) in [6.07, 6.45) is 3.24. The molecular formula is C17H29Cl2N3O2. The van der Waals surface area contributed by atoms with Crippen LogP contribution < -0.4 is 15.8 Å². The van der Waals surface area contributed by atoms with E-state index in [1.165, 1.54) is 0 Å². The summed E-state index contributed by atoms with van der Waals surface area (Å²) in [6.45, 7) is 2.01. The number of nitrogens with two attached hydrogens (primary N) is 1. The maximum absolute atomic E-state index is 12.5. The third-order valence-electron chi connectivity index (χ3n) is 4.21. The fourth-order valence-electron chi connectivity index (χ4n) is 2.87. The van der Waals surface area contributed by atoms with Gasteiger partial charge in [0.1, 0.15) is 12.4 Å². The predicted molar refractivity (Wildman–Crippen MR) is 103 cm³/mol. The van der Waals surface area contributed by atoms with Crippen molar-refractivity contribution in [3.05, 3.63) is 29.8 Å². The largest absolute Gasteiger partial charge is 0.491 e. The Hall–Kier alpha value is -1.01. The highest BCUT2D eigenvalue weighted by Gasteiger charge is 2.28. The van der Waals surface area contributed by atoms with Crippen molar-refractivity contribution in [2.45, 2.75) is 25.3 Å². The molecule has 0 radical (unpaired) electrons. The van der Waals surface area contributed by atoms with Crippen molar-refractivity contribution in [1.29, 1.82) is 0 Å². The van der Waals surface area contributed by atoms with E-state index >= 15 is 0 Å². The number of ether oxygens (including phenoxy) is 1. The summed E-state index contributed by atoms with van der Waals surface area (Å²) in [5.41, 5.74) is 6.38. The molecule has 1 amide bonds. The second-order valence-electron chi connectivity index (χ2n) is 6.15. The number of hydrogen-bond acceptors (Lipinski definition) is 4. The fraction of sp³-hybridized carbons (Fsp3) is 0.588. The minimum atomic E-state index is -0.0641. The highest BCUT2D eigenvalue weighted by molar-refractivity contribution is 5.97. The average molecular weight is 378 g/mol. The SMILES string of the molecule is CN(C)CCOc1ccccc1C(=O)NC1CCCC1CN.Cl.Cl. The van der Waals surface area contributed by atoms with E-state index in [2.05, 4.69) is 5.32 Å². The molecular weight excluding hydrogens is 349 g/mol. The molecule has 138 valence electrons. The van der Waals surface area contributed by atoms with Gasteiger partial charge in [-0.25, -0.2) is 0 Å². The quantitative estimate of drug-likeness (QED) is 0.764. The van der Waals surface area contributed by atoms with Crippen LogP contribution in [0.15, 0.2) is 24.3 Å². The number of halogens is 2. The minimum Gasteiger partial charge on any atom is -0.491 e. The number of nitrogens with one attached hydrogen (secondary N) is 1. The van der Waals surface area contributed by atoms with Gasteiger partial charge < -0.3 is 20.7 Å². The zero-order valence-electron chi connectivity index (χ0n) is 14.4. The van der Waals surface area contributed by atoms with Gasteiger partial charge in [-0.2, -0.15) is 0 Å². The van der Waals surface area contributed by atoms with Crippen molar-refractivity contribution >= 4 is 30.7 Å². The van der Waals surface area contributed by atoms with E-state index in [4.69, 9.17) is 10.5 Å². The van der Waals surface area contributed by atoms with E-state index in [1.807, 2.05) is 43.3 Å². The molecule has 1 aromatic carbocycles. The maximum atomic E-state index is 12.5. The van der Waals surface area contributed by atoms with Crippen LogP contribution in [0.2, 0.25) is 0 Å². The molecule has 2 atom stereocenters. The summed E-state index contributed by atoms with van der Waals surface area (Å²) in [5, 5.41) is 3.13. The molecule has 1 aromatic rings. The highest BCUT2D eigenvalue weighted by atomic mass is 35.5. The summed E-state index contributed by atoms with van der Waals surface area (Å²) >= 11 is 0. The third kappa shape index (κ3) is 6.48. The second kappa shape index (κ2) is 11.5. The molecule has 24 heavy (non-hydrogen) atoms. The van der Waals surface area contributed by atoms with Crippen molar-refractivity contribution in [3.8, 4) is 5.75 Å². The second-order valence-corrected chi connectivity index (χ2v) is 6.15. The topological polar surface area (TPSA) is 67.6 Å². The Kier molecular flexibility index (Phi) is 11.0. The van der Waals surface area contributed by atoms with Gasteiger partial charge in [0.05, 0.1) is 5.56 Å². The Morgan fingerprint density at radius 1 is 1.29 bits per heavy atom. The van der Waals surface area contributed by atoms with Gasteiger partial charge >= 0.3 is 0 Å². The summed E-state index contributed by atoms with van der Waals surface area (Å²) < 4.78 is 5.76. The summed E-state index contributed by atoms with van der Waals surface area (Å²) in [6, 6.07) is 7.60. The van der Waals surface area contributed by atoms with Crippen LogP contribution in [-0.2, 0) is 0 Å². The molecule has 1 aliphatic carbocycles. The molecule has 1 saturated carbocycles. The Bertz CT molecular complexity index is 500. The Morgan fingerprint density at radius 2 is 2.00 bits per heavy atom. The molecule has 5 nitrogen and oxygen atoms in total. The molecule has 0 saturated heterocycles. The molecule has 0 bridgehead atoms. The first kappa shape index (κ1) is 23.0. The number of likely N-dealkylation sites (N-methyl/N-ethyl adjacent to an activating group) is 1. The van der Waals surface area contributed by atoms with Gasteiger partial charge in [0.2, 0.25) is 0 Å². The highest BCUT2D eigenvalue weighted by Crippen LogP contribution is 2.26. The molecule has 3 N–H and O–H groups in total. The summed E-state index contributed by atoms with van der Waals surface area (Å²) in [5.74, 6) is 0.973. The van der Waals surface area contributed by atoms with Gasteiger partial charge in [0.25, 0.3) is 5.91 Å². The average Bonchev–Trinajstić information content (AvgIpc) is 2.94.